The number of hydrogen-bond donors (Lipinski definition) is 1. The van der Waals surface area contributed by atoms with Crippen LogP contribution in [-0.4, -0.2) is 42.5 Å². The van der Waals surface area contributed by atoms with E-state index in [0.29, 0.717) is 11.6 Å². The number of nitrogens with one attached hydrogen (secondary N) is 1. The van der Waals surface area contributed by atoms with Crippen molar-refractivity contribution in [2.75, 3.05) is 26.7 Å². The minimum Gasteiger partial charge on any atom is -0.337 e. The van der Waals surface area contributed by atoms with Gasteiger partial charge in [-0.1, -0.05) is 30.3 Å². The van der Waals surface area contributed by atoms with Crippen LogP contribution in [0.1, 0.15) is 23.3 Å². The van der Waals surface area contributed by atoms with E-state index in [-0.39, 0.29) is 30.7 Å². The topological polar surface area (TPSA) is 45.2 Å². The summed E-state index contributed by atoms with van der Waals surface area (Å²) in [5, 5.41) is 6.01. The van der Waals surface area contributed by atoms with Crippen molar-refractivity contribution in [1.82, 2.24) is 15.2 Å². The maximum Gasteiger partial charge on any atom is 0.273 e. The summed E-state index contributed by atoms with van der Waals surface area (Å²) in [5.41, 5.74) is 1.65. The zero-order chi connectivity index (χ0) is 15.4. The Hall–Kier alpha value is -1.14. The fraction of sp³-hybridized carbons (Fsp3) is 0.412. The Bertz CT molecular complexity index is 628. The normalized spacial score (nSPS) is 14.6. The van der Waals surface area contributed by atoms with Gasteiger partial charge in [0.25, 0.3) is 5.91 Å². The number of nitrogens with zero attached hydrogens (tertiary/aromatic N) is 2. The Morgan fingerprint density at radius 2 is 1.92 bits per heavy atom. The van der Waals surface area contributed by atoms with Gasteiger partial charge in [0.05, 0.1) is 0 Å². The Morgan fingerprint density at radius 1 is 1.25 bits per heavy atom. The molecule has 4 nitrogen and oxygen atoms in total. The molecule has 132 valence electrons. The smallest absolute Gasteiger partial charge is 0.273 e. The number of carbonyl (C=O) groups excluding carboxylic acids is 1. The van der Waals surface area contributed by atoms with Crippen LogP contribution in [0.25, 0.3) is 10.6 Å². The summed E-state index contributed by atoms with van der Waals surface area (Å²) >= 11 is 1.54. The van der Waals surface area contributed by atoms with Crippen molar-refractivity contribution in [3.63, 3.8) is 0 Å². The average molecular weight is 388 g/mol. The Labute approximate surface area is 159 Å². The Morgan fingerprint density at radius 3 is 2.54 bits per heavy atom. The van der Waals surface area contributed by atoms with Crippen LogP contribution in [0.4, 0.5) is 0 Å². The van der Waals surface area contributed by atoms with E-state index in [2.05, 4.69) is 10.3 Å². The molecule has 0 saturated carbocycles. The zero-order valence-corrected chi connectivity index (χ0v) is 16.1. The summed E-state index contributed by atoms with van der Waals surface area (Å²) in [4.78, 5) is 19.0. The van der Waals surface area contributed by atoms with Crippen molar-refractivity contribution in [2.45, 2.75) is 12.8 Å². The van der Waals surface area contributed by atoms with Gasteiger partial charge >= 0.3 is 0 Å². The zero-order valence-electron chi connectivity index (χ0n) is 13.6. The van der Waals surface area contributed by atoms with E-state index in [1.807, 2.05) is 47.7 Å². The lowest BCUT2D eigenvalue weighted by atomic mass is 9.97. The van der Waals surface area contributed by atoms with Gasteiger partial charge in [-0.05, 0) is 32.4 Å². The third-order valence-corrected chi connectivity index (χ3v) is 5.03. The highest BCUT2D eigenvalue weighted by Gasteiger charge is 2.24. The number of piperidine rings is 1. The van der Waals surface area contributed by atoms with E-state index in [1.54, 1.807) is 0 Å². The highest BCUT2D eigenvalue weighted by Crippen LogP contribution is 2.25. The molecule has 0 atom stereocenters. The number of aromatic nitrogens is 1. The molecule has 1 aromatic carbocycles. The number of halogens is 2. The minimum atomic E-state index is 0. The summed E-state index contributed by atoms with van der Waals surface area (Å²) in [5.74, 6) is 0.755. The summed E-state index contributed by atoms with van der Waals surface area (Å²) in [7, 11) is 1.98. The lowest BCUT2D eigenvalue weighted by Crippen LogP contribution is -2.40. The number of thiazole rings is 1. The summed E-state index contributed by atoms with van der Waals surface area (Å²) in [6.45, 7) is 2.71. The molecule has 0 aliphatic carbocycles. The first-order chi connectivity index (χ1) is 10.8. The quantitative estimate of drug-likeness (QED) is 0.868. The lowest BCUT2D eigenvalue weighted by Gasteiger charge is -2.31. The average Bonchev–Trinajstić information content (AvgIpc) is 3.06. The second-order valence-corrected chi connectivity index (χ2v) is 6.56. The molecule has 1 aliphatic heterocycles. The molecule has 1 saturated heterocycles. The van der Waals surface area contributed by atoms with Gasteiger partial charge in [0.1, 0.15) is 10.7 Å². The molecule has 7 heteroatoms. The molecule has 24 heavy (non-hydrogen) atoms. The first kappa shape index (κ1) is 20.9. The van der Waals surface area contributed by atoms with E-state index >= 15 is 0 Å². The highest BCUT2D eigenvalue weighted by molar-refractivity contribution is 7.13. The van der Waals surface area contributed by atoms with Gasteiger partial charge in [-0.3, -0.25) is 4.79 Å². The highest BCUT2D eigenvalue weighted by atomic mass is 35.5. The molecular weight excluding hydrogens is 365 g/mol. The first-order valence-electron chi connectivity index (χ1n) is 7.72. The molecule has 0 spiro atoms. The Balaban J connectivity index is 0.00000144. The van der Waals surface area contributed by atoms with Crippen LogP contribution in [0.5, 0.6) is 0 Å². The van der Waals surface area contributed by atoms with Crippen molar-refractivity contribution in [3.8, 4) is 10.6 Å². The fourth-order valence-electron chi connectivity index (χ4n) is 2.88. The monoisotopic (exact) mass is 387 g/mol. The molecule has 2 heterocycles. The fourth-order valence-corrected chi connectivity index (χ4v) is 3.68. The van der Waals surface area contributed by atoms with Crippen LogP contribution in [0.2, 0.25) is 0 Å². The number of hydrogen-bond acceptors (Lipinski definition) is 4. The van der Waals surface area contributed by atoms with E-state index in [9.17, 15) is 4.79 Å². The number of rotatable bonds is 4. The molecule has 3 rings (SSSR count). The van der Waals surface area contributed by atoms with Gasteiger partial charge in [-0.2, -0.15) is 0 Å². The molecule has 1 aliphatic rings. The van der Waals surface area contributed by atoms with Crippen LogP contribution >= 0.6 is 36.2 Å². The summed E-state index contributed by atoms with van der Waals surface area (Å²) in [6.07, 6.45) is 2.14. The molecule has 1 fully saturated rings. The molecule has 0 bridgehead atoms. The third-order valence-electron chi connectivity index (χ3n) is 4.14. The summed E-state index contributed by atoms with van der Waals surface area (Å²) < 4.78 is 0. The van der Waals surface area contributed by atoms with Gasteiger partial charge in [0, 0.05) is 24.0 Å². The minimum absolute atomic E-state index is 0. The molecular formula is C17H23Cl2N3OS. The van der Waals surface area contributed by atoms with Gasteiger partial charge < -0.3 is 10.2 Å². The molecule has 0 unspecified atom stereocenters. The second-order valence-electron chi connectivity index (χ2n) is 5.70. The van der Waals surface area contributed by atoms with Crippen molar-refractivity contribution in [2.24, 2.45) is 5.92 Å². The molecule has 1 aromatic heterocycles. The molecule has 1 N–H and O–H groups in total. The van der Waals surface area contributed by atoms with Crippen LogP contribution in [0.3, 0.4) is 0 Å². The van der Waals surface area contributed by atoms with Crippen molar-refractivity contribution in [3.05, 3.63) is 41.4 Å². The molecule has 2 aromatic rings. The number of likely N-dealkylation sites (tertiary alicyclic amines) is 1. The second kappa shape index (κ2) is 9.99. The largest absolute Gasteiger partial charge is 0.337 e. The molecule has 1 amide bonds. The first-order valence-corrected chi connectivity index (χ1v) is 8.60. The maximum atomic E-state index is 12.6. The van der Waals surface area contributed by atoms with Crippen molar-refractivity contribution < 1.29 is 4.79 Å². The van der Waals surface area contributed by atoms with Gasteiger partial charge in [0.15, 0.2) is 0 Å². The van der Waals surface area contributed by atoms with Crippen LogP contribution < -0.4 is 5.32 Å². The van der Waals surface area contributed by atoms with Crippen LogP contribution in [0, 0.1) is 5.92 Å². The van der Waals surface area contributed by atoms with E-state index < -0.39 is 0 Å². The van der Waals surface area contributed by atoms with E-state index in [1.165, 1.54) is 11.3 Å². The van der Waals surface area contributed by atoms with E-state index in [4.69, 9.17) is 0 Å². The number of benzene rings is 1. The van der Waals surface area contributed by atoms with Gasteiger partial charge in [-0.25, -0.2) is 4.98 Å². The predicted octanol–water partition coefficient (Wildman–Crippen LogP) is 3.73. The SMILES string of the molecule is CNCC1CCN(C(=O)c2csc(-c3ccccc3)n2)CC1.Cl.Cl. The van der Waals surface area contributed by atoms with E-state index in [0.717, 1.165) is 43.0 Å². The standard InChI is InChI=1S/C17H21N3OS.2ClH/c1-18-11-13-7-9-20(10-8-13)17(21)15-12-22-16(19-15)14-5-3-2-4-6-14;;/h2-6,12-13,18H,7-11H2,1H3;2*1H. The Kier molecular flexibility index (Phi) is 8.70. The lowest BCUT2D eigenvalue weighted by molar-refractivity contribution is 0.0686. The predicted molar refractivity (Wildman–Crippen MR) is 105 cm³/mol. The number of carbonyl (C=O) groups is 1. The van der Waals surface area contributed by atoms with Crippen LogP contribution in [-0.2, 0) is 0 Å². The van der Waals surface area contributed by atoms with Crippen LogP contribution in [0.15, 0.2) is 35.7 Å². The van der Waals surface area contributed by atoms with Gasteiger partial charge in [-0.15, -0.1) is 36.2 Å². The third kappa shape index (κ3) is 4.93. The summed E-state index contributed by atoms with van der Waals surface area (Å²) in [6, 6.07) is 10.0. The molecule has 0 radical (unpaired) electrons. The van der Waals surface area contributed by atoms with Gasteiger partial charge in [0.2, 0.25) is 0 Å². The number of amides is 1. The van der Waals surface area contributed by atoms with Crippen molar-refractivity contribution in [1.29, 1.82) is 0 Å². The van der Waals surface area contributed by atoms with Crippen molar-refractivity contribution >= 4 is 42.1 Å². The maximum absolute atomic E-state index is 12.6.